The Morgan fingerprint density at radius 2 is 1.52 bits per heavy atom. The average Bonchev–Trinajstić information content (AvgIpc) is 2.57. The second-order valence-electron chi connectivity index (χ2n) is 7.68. The highest BCUT2D eigenvalue weighted by Gasteiger charge is 2.14. The van der Waals surface area contributed by atoms with Crippen molar-refractivity contribution >= 4 is 11.5 Å². The second-order valence-corrected chi connectivity index (χ2v) is 7.68. The number of rotatable bonds is 3. The van der Waals surface area contributed by atoms with Gasteiger partial charge in [0.25, 0.3) is 0 Å². The number of anilines is 2. The first kappa shape index (κ1) is 17.2. The number of hydrogen-bond donors (Lipinski definition) is 1. The summed E-state index contributed by atoms with van der Waals surface area (Å²) in [6.45, 7) is 10.9. The third-order valence-electron chi connectivity index (χ3n) is 4.47. The lowest BCUT2D eigenvalue weighted by Gasteiger charge is -2.19. The van der Waals surface area contributed by atoms with Crippen LogP contribution in [-0.2, 0) is 5.41 Å². The Morgan fingerprint density at radius 1 is 0.840 bits per heavy atom. The molecule has 0 saturated carbocycles. The van der Waals surface area contributed by atoms with Gasteiger partial charge in [0.1, 0.15) is 5.82 Å². The summed E-state index contributed by atoms with van der Waals surface area (Å²) in [6, 6.07) is 19.3. The number of hydrogen-bond acceptors (Lipinski definition) is 2. The van der Waals surface area contributed by atoms with E-state index in [1.807, 2.05) is 6.20 Å². The number of nitrogens with zero attached hydrogens (tertiary/aromatic N) is 1. The molecule has 25 heavy (non-hydrogen) atoms. The van der Waals surface area contributed by atoms with Gasteiger partial charge in [-0.2, -0.15) is 0 Å². The van der Waals surface area contributed by atoms with Crippen LogP contribution in [0.25, 0.3) is 11.1 Å². The predicted octanol–water partition coefficient (Wildman–Crippen LogP) is 6.41. The first-order valence-electron chi connectivity index (χ1n) is 8.75. The minimum Gasteiger partial charge on any atom is -0.340 e. The third kappa shape index (κ3) is 3.90. The molecule has 1 aromatic heterocycles. The van der Waals surface area contributed by atoms with Crippen LogP contribution in [0.4, 0.5) is 11.5 Å². The molecule has 1 N–H and O–H groups in total. The van der Waals surface area contributed by atoms with Crippen molar-refractivity contribution in [2.45, 2.75) is 40.0 Å². The standard InChI is InChI=1S/C23H26N2/c1-16-14-21(20-9-7-6-8-17(20)2)22(24-15-16)25-19-12-10-18(11-13-19)23(3,4)5/h6-15H,1-5H3,(H,24,25). The highest BCUT2D eigenvalue weighted by atomic mass is 15.0. The molecular formula is C23H26N2. The molecule has 2 nitrogen and oxygen atoms in total. The number of pyridine rings is 1. The van der Waals surface area contributed by atoms with E-state index in [9.17, 15) is 0 Å². The predicted molar refractivity (Wildman–Crippen MR) is 108 cm³/mol. The number of aromatic nitrogens is 1. The van der Waals surface area contributed by atoms with Crippen LogP contribution in [0.5, 0.6) is 0 Å². The van der Waals surface area contributed by atoms with Gasteiger partial charge in [0.05, 0.1) is 0 Å². The lowest BCUT2D eigenvalue weighted by atomic mass is 9.87. The van der Waals surface area contributed by atoms with E-state index in [-0.39, 0.29) is 5.41 Å². The largest absolute Gasteiger partial charge is 0.340 e. The van der Waals surface area contributed by atoms with Gasteiger partial charge < -0.3 is 5.32 Å². The Morgan fingerprint density at radius 3 is 2.16 bits per heavy atom. The molecule has 0 bridgehead atoms. The fraction of sp³-hybridized carbons (Fsp3) is 0.261. The minimum absolute atomic E-state index is 0.160. The molecule has 0 fully saturated rings. The van der Waals surface area contributed by atoms with Gasteiger partial charge in [-0.25, -0.2) is 4.98 Å². The van der Waals surface area contributed by atoms with Crippen LogP contribution in [0, 0.1) is 13.8 Å². The second kappa shape index (κ2) is 6.72. The van der Waals surface area contributed by atoms with Crippen LogP contribution in [0.3, 0.4) is 0 Å². The number of nitrogens with one attached hydrogen (secondary N) is 1. The summed E-state index contributed by atoms with van der Waals surface area (Å²) in [5.74, 6) is 0.892. The van der Waals surface area contributed by atoms with Gasteiger partial charge in [0.2, 0.25) is 0 Å². The molecule has 0 aliphatic heterocycles. The molecule has 2 aromatic carbocycles. The fourth-order valence-corrected chi connectivity index (χ4v) is 2.94. The molecule has 3 rings (SSSR count). The Balaban J connectivity index is 1.97. The molecule has 1 heterocycles. The Hall–Kier alpha value is -2.61. The van der Waals surface area contributed by atoms with Gasteiger partial charge >= 0.3 is 0 Å². The molecule has 2 heteroatoms. The quantitative estimate of drug-likeness (QED) is 0.600. The Labute approximate surface area is 151 Å². The molecule has 0 atom stereocenters. The maximum atomic E-state index is 4.65. The third-order valence-corrected chi connectivity index (χ3v) is 4.47. The van der Waals surface area contributed by atoms with Gasteiger partial charge in [-0.15, -0.1) is 0 Å². The first-order valence-corrected chi connectivity index (χ1v) is 8.75. The topological polar surface area (TPSA) is 24.9 Å². The molecule has 0 aliphatic rings. The molecule has 0 radical (unpaired) electrons. The molecule has 128 valence electrons. The normalized spacial score (nSPS) is 11.4. The molecule has 0 amide bonds. The van der Waals surface area contributed by atoms with Gasteiger partial charge in [-0.05, 0) is 59.7 Å². The summed E-state index contributed by atoms with van der Waals surface area (Å²) in [7, 11) is 0. The summed E-state index contributed by atoms with van der Waals surface area (Å²) in [6.07, 6.45) is 1.91. The molecule has 3 aromatic rings. The number of aryl methyl sites for hydroxylation is 2. The van der Waals surface area contributed by atoms with E-state index >= 15 is 0 Å². The smallest absolute Gasteiger partial charge is 0.138 e. The first-order chi connectivity index (χ1) is 11.8. The van der Waals surface area contributed by atoms with Crippen molar-refractivity contribution in [1.29, 1.82) is 0 Å². The van der Waals surface area contributed by atoms with Crippen LogP contribution in [0.1, 0.15) is 37.5 Å². The summed E-state index contributed by atoms with van der Waals surface area (Å²) >= 11 is 0. The van der Waals surface area contributed by atoms with E-state index in [1.54, 1.807) is 0 Å². The lowest BCUT2D eigenvalue weighted by Crippen LogP contribution is -2.10. The zero-order valence-corrected chi connectivity index (χ0v) is 15.7. The van der Waals surface area contributed by atoms with Crippen molar-refractivity contribution in [3.63, 3.8) is 0 Å². The lowest BCUT2D eigenvalue weighted by molar-refractivity contribution is 0.590. The summed E-state index contributed by atoms with van der Waals surface area (Å²) in [5.41, 5.74) is 7.30. The van der Waals surface area contributed by atoms with Crippen molar-refractivity contribution < 1.29 is 0 Å². The molecule has 0 saturated heterocycles. The van der Waals surface area contributed by atoms with E-state index in [4.69, 9.17) is 0 Å². The van der Waals surface area contributed by atoms with Crippen LogP contribution >= 0.6 is 0 Å². The van der Waals surface area contributed by atoms with Crippen LogP contribution in [-0.4, -0.2) is 4.98 Å². The summed E-state index contributed by atoms with van der Waals surface area (Å²) in [5, 5.41) is 3.49. The van der Waals surface area contributed by atoms with E-state index in [0.717, 1.165) is 22.6 Å². The molecule has 0 aliphatic carbocycles. The highest BCUT2D eigenvalue weighted by Crippen LogP contribution is 2.32. The molecule has 0 spiro atoms. The monoisotopic (exact) mass is 330 g/mol. The van der Waals surface area contributed by atoms with Crippen molar-refractivity contribution in [2.75, 3.05) is 5.32 Å². The zero-order chi connectivity index (χ0) is 18.0. The fourth-order valence-electron chi connectivity index (χ4n) is 2.94. The van der Waals surface area contributed by atoms with Crippen molar-refractivity contribution in [3.8, 4) is 11.1 Å². The zero-order valence-electron chi connectivity index (χ0n) is 15.7. The summed E-state index contributed by atoms with van der Waals surface area (Å²) in [4.78, 5) is 4.65. The van der Waals surface area contributed by atoms with E-state index in [2.05, 4.69) is 99.5 Å². The van der Waals surface area contributed by atoms with Crippen LogP contribution in [0.15, 0.2) is 60.8 Å². The average molecular weight is 330 g/mol. The molecule has 0 unspecified atom stereocenters. The van der Waals surface area contributed by atoms with E-state index in [1.165, 1.54) is 16.7 Å². The SMILES string of the molecule is Cc1cnc(Nc2ccc(C(C)(C)C)cc2)c(-c2ccccc2C)c1. The van der Waals surface area contributed by atoms with Gasteiger partial charge in [0, 0.05) is 17.4 Å². The minimum atomic E-state index is 0.160. The van der Waals surface area contributed by atoms with E-state index in [0.29, 0.717) is 0 Å². The van der Waals surface area contributed by atoms with Crippen molar-refractivity contribution in [1.82, 2.24) is 4.98 Å². The van der Waals surface area contributed by atoms with Gasteiger partial charge in [-0.3, -0.25) is 0 Å². The van der Waals surface area contributed by atoms with Gasteiger partial charge in [0.15, 0.2) is 0 Å². The van der Waals surface area contributed by atoms with E-state index < -0.39 is 0 Å². The molecular weight excluding hydrogens is 304 g/mol. The van der Waals surface area contributed by atoms with Crippen molar-refractivity contribution in [2.24, 2.45) is 0 Å². The maximum absolute atomic E-state index is 4.65. The highest BCUT2D eigenvalue weighted by molar-refractivity contribution is 5.80. The van der Waals surface area contributed by atoms with Crippen LogP contribution < -0.4 is 5.32 Å². The Kier molecular flexibility index (Phi) is 4.63. The summed E-state index contributed by atoms with van der Waals surface area (Å²) < 4.78 is 0. The van der Waals surface area contributed by atoms with Gasteiger partial charge in [-0.1, -0.05) is 57.2 Å². The maximum Gasteiger partial charge on any atom is 0.138 e. The van der Waals surface area contributed by atoms with Crippen molar-refractivity contribution in [3.05, 3.63) is 77.5 Å². The number of benzene rings is 2. The Bertz CT molecular complexity index is 871. The van der Waals surface area contributed by atoms with Crippen LogP contribution in [0.2, 0.25) is 0 Å².